The highest BCUT2D eigenvalue weighted by Gasteiger charge is 2.54. The number of urea groups is 1. The van der Waals surface area contributed by atoms with Crippen molar-refractivity contribution in [1.82, 2.24) is 14.7 Å². The second-order valence-corrected chi connectivity index (χ2v) is 9.62. The van der Waals surface area contributed by atoms with E-state index in [0.717, 1.165) is 38.8 Å². The summed E-state index contributed by atoms with van der Waals surface area (Å²) in [5.74, 6) is 0.702. The molecule has 4 rings (SSSR count). The van der Waals surface area contributed by atoms with Crippen LogP contribution in [-0.2, 0) is 10.3 Å². The number of amides is 2. The van der Waals surface area contributed by atoms with Crippen LogP contribution in [0.5, 0.6) is 0 Å². The van der Waals surface area contributed by atoms with E-state index in [2.05, 4.69) is 54.2 Å². The lowest BCUT2D eigenvalue weighted by atomic mass is 9.68. The summed E-state index contributed by atoms with van der Waals surface area (Å²) in [6, 6.07) is 11.2. The van der Waals surface area contributed by atoms with Crippen LogP contribution >= 0.6 is 0 Å². The molecule has 3 fully saturated rings. The van der Waals surface area contributed by atoms with E-state index >= 15 is 0 Å². The lowest BCUT2D eigenvalue weighted by Crippen LogP contribution is -2.56. The van der Waals surface area contributed by atoms with E-state index in [9.17, 15) is 4.79 Å². The molecule has 0 aromatic heterocycles. The second-order valence-electron chi connectivity index (χ2n) is 9.62. The standard InChI is InChI=1S/C24H37N3O2/c1-25(2)24(21-10-5-4-6-11-21)14-12-23(13-15-24)19-26(16-17-29-3)22(28)27(23)18-20-8-7-9-20/h4-6,10-11,20H,7-9,12-19H2,1-3H3. The van der Waals surface area contributed by atoms with Crippen LogP contribution < -0.4 is 0 Å². The Hall–Kier alpha value is -1.59. The summed E-state index contributed by atoms with van der Waals surface area (Å²) >= 11 is 0. The number of benzene rings is 1. The van der Waals surface area contributed by atoms with Gasteiger partial charge in [-0.3, -0.25) is 4.90 Å². The largest absolute Gasteiger partial charge is 0.383 e. The molecule has 5 nitrogen and oxygen atoms in total. The predicted octanol–water partition coefficient (Wildman–Crippen LogP) is 3.94. The Morgan fingerprint density at radius 1 is 1.10 bits per heavy atom. The topological polar surface area (TPSA) is 36.0 Å². The van der Waals surface area contributed by atoms with Gasteiger partial charge in [-0.25, -0.2) is 4.79 Å². The summed E-state index contributed by atoms with van der Waals surface area (Å²) < 4.78 is 5.28. The molecular weight excluding hydrogens is 362 g/mol. The molecule has 3 aliphatic rings. The molecule has 1 saturated heterocycles. The fourth-order valence-electron chi connectivity index (χ4n) is 5.76. The second kappa shape index (κ2) is 8.27. The molecular formula is C24H37N3O2. The third-order valence-electron chi connectivity index (χ3n) is 7.97. The predicted molar refractivity (Wildman–Crippen MR) is 116 cm³/mol. The number of hydrogen-bond acceptors (Lipinski definition) is 3. The van der Waals surface area contributed by atoms with Crippen molar-refractivity contribution in [1.29, 1.82) is 0 Å². The fraction of sp³-hybridized carbons (Fsp3) is 0.708. The van der Waals surface area contributed by atoms with Gasteiger partial charge < -0.3 is 14.5 Å². The van der Waals surface area contributed by atoms with Crippen LogP contribution in [0, 0.1) is 5.92 Å². The van der Waals surface area contributed by atoms with Crippen LogP contribution in [-0.4, -0.2) is 73.7 Å². The Morgan fingerprint density at radius 2 is 1.79 bits per heavy atom. The number of ether oxygens (including phenoxy) is 1. The summed E-state index contributed by atoms with van der Waals surface area (Å²) in [4.78, 5) is 20.0. The number of rotatable bonds is 7. The van der Waals surface area contributed by atoms with Gasteiger partial charge in [-0.05, 0) is 64.1 Å². The molecule has 0 atom stereocenters. The maximum absolute atomic E-state index is 13.3. The molecule has 1 spiro atoms. The molecule has 1 aromatic carbocycles. The molecule has 160 valence electrons. The van der Waals surface area contributed by atoms with E-state index in [1.807, 2.05) is 4.90 Å². The van der Waals surface area contributed by atoms with Gasteiger partial charge in [0.2, 0.25) is 0 Å². The lowest BCUT2D eigenvalue weighted by Gasteiger charge is -2.51. The molecule has 0 N–H and O–H groups in total. The van der Waals surface area contributed by atoms with Crippen LogP contribution in [0.4, 0.5) is 4.79 Å². The number of methoxy groups -OCH3 is 1. The molecule has 1 aliphatic heterocycles. The Bertz CT molecular complexity index is 693. The number of hydrogen-bond donors (Lipinski definition) is 0. The molecule has 0 unspecified atom stereocenters. The van der Waals surface area contributed by atoms with Gasteiger partial charge in [-0.15, -0.1) is 0 Å². The molecule has 5 heteroatoms. The van der Waals surface area contributed by atoms with E-state index in [4.69, 9.17) is 4.74 Å². The van der Waals surface area contributed by atoms with Crippen molar-refractivity contribution in [2.24, 2.45) is 5.92 Å². The molecule has 2 saturated carbocycles. The van der Waals surface area contributed by atoms with Crippen molar-refractivity contribution in [3.05, 3.63) is 35.9 Å². The minimum atomic E-state index is -0.00525. The first kappa shape index (κ1) is 20.7. The van der Waals surface area contributed by atoms with Gasteiger partial charge in [0.15, 0.2) is 0 Å². The first-order valence-corrected chi connectivity index (χ1v) is 11.3. The molecule has 29 heavy (non-hydrogen) atoms. The first-order chi connectivity index (χ1) is 14.0. The summed E-state index contributed by atoms with van der Waals surface area (Å²) in [6.45, 7) is 3.13. The van der Waals surface area contributed by atoms with Gasteiger partial charge in [-0.2, -0.15) is 0 Å². The van der Waals surface area contributed by atoms with Crippen LogP contribution in [0.25, 0.3) is 0 Å². The van der Waals surface area contributed by atoms with Crippen LogP contribution in [0.2, 0.25) is 0 Å². The molecule has 0 bridgehead atoms. The third kappa shape index (κ3) is 3.68. The highest BCUT2D eigenvalue weighted by Crippen LogP contribution is 2.49. The summed E-state index contributed by atoms with van der Waals surface area (Å²) in [5.41, 5.74) is 1.47. The van der Waals surface area contributed by atoms with Gasteiger partial charge in [0.1, 0.15) is 0 Å². The third-order valence-corrected chi connectivity index (χ3v) is 7.97. The summed E-state index contributed by atoms with van der Waals surface area (Å²) in [6.07, 6.45) is 8.22. The van der Waals surface area contributed by atoms with E-state index in [-0.39, 0.29) is 17.1 Å². The van der Waals surface area contributed by atoms with Gasteiger partial charge in [0.25, 0.3) is 0 Å². The van der Waals surface area contributed by atoms with Crippen LogP contribution in [0.15, 0.2) is 30.3 Å². The molecule has 0 radical (unpaired) electrons. The SMILES string of the molecule is COCCN1CC2(CCC(c3ccccc3)(N(C)C)CC2)N(CC2CCC2)C1=O. The smallest absolute Gasteiger partial charge is 0.320 e. The van der Waals surface area contributed by atoms with E-state index in [0.29, 0.717) is 19.1 Å². The molecule has 1 aromatic rings. The van der Waals surface area contributed by atoms with Crippen molar-refractivity contribution < 1.29 is 9.53 Å². The van der Waals surface area contributed by atoms with Gasteiger partial charge >= 0.3 is 6.03 Å². The van der Waals surface area contributed by atoms with E-state index in [1.54, 1.807) is 7.11 Å². The Kier molecular flexibility index (Phi) is 5.90. The summed E-state index contributed by atoms with van der Waals surface area (Å²) in [7, 11) is 6.14. The summed E-state index contributed by atoms with van der Waals surface area (Å²) in [5, 5.41) is 0. The van der Waals surface area contributed by atoms with Gasteiger partial charge in [-0.1, -0.05) is 36.8 Å². The van der Waals surface area contributed by atoms with Crippen LogP contribution in [0.3, 0.4) is 0 Å². The van der Waals surface area contributed by atoms with Crippen molar-refractivity contribution in [3.63, 3.8) is 0 Å². The maximum atomic E-state index is 13.3. The van der Waals surface area contributed by atoms with E-state index < -0.39 is 0 Å². The van der Waals surface area contributed by atoms with Crippen molar-refractivity contribution in [3.8, 4) is 0 Å². The maximum Gasteiger partial charge on any atom is 0.320 e. The van der Waals surface area contributed by atoms with Crippen molar-refractivity contribution in [2.75, 3.05) is 47.4 Å². The van der Waals surface area contributed by atoms with Crippen molar-refractivity contribution in [2.45, 2.75) is 56.0 Å². The fourth-order valence-corrected chi connectivity index (χ4v) is 5.76. The van der Waals surface area contributed by atoms with Gasteiger partial charge in [0, 0.05) is 32.3 Å². The molecule has 1 heterocycles. The normalized spacial score (nSPS) is 30.4. The van der Waals surface area contributed by atoms with E-state index in [1.165, 1.54) is 24.8 Å². The minimum absolute atomic E-state index is 0.00525. The highest BCUT2D eigenvalue weighted by atomic mass is 16.5. The van der Waals surface area contributed by atoms with Crippen molar-refractivity contribution >= 4 is 6.03 Å². The molecule has 2 amide bonds. The van der Waals surface area contributed by atoms with Gasteiger partial charge in [0.05, 0.1) is 12.1 Å². The monoisotopic (exact) mass is 399 g/mol. The number of nitrogens with zero attached hydrogens (tertiary/aromatic N) is 3. The zero-order valence-electron chi connectivity index (χ0n) is 18.4. The quantitative estimate of drug-likeness (QED) is 0.697. The number of carbonyl (C=O) groups excluding carboxylic acids is 1. The number of carbonyl (C=O) groups is 1. The molecule has 2 aliphatic carbocycles. The zero-order valence-corrected chi connectivity index (χ0v) is 18.4. The zero-order chi connectivity index (χ0) is 20.5. The Labute approximate surface area is 176 Å². The lowest BCUT2D eigenvalue weighted by molar-refractivity contribution is 0.0157. The average molecular weight is 400 g/mol. The van der Waals surface area contributed by atoms with Crippen LogP contribution in [0.1, 0.15) is 50.5 Å². The average Bonchev–Trinajstić information content (AvgIpc) is 2.95. The highest BCUT2D eigenvalue weighted by molar-refractivity contribution is 5.78. The minimum Gasteiger partial charge on any atom is -0.383 e. The Morgan fingerprint density at radius 3 is 2.34 bits per heavy atom. The Balaban J connectivity index is 1.56. The first-order valence-electron chi connectivity index (χ1n) is 11.3.